The van der Waals surface area contributed by atoms with Gasteiger partial charge in [0.25, 0.3) is 5.69 Å². The second kappa shape index (κ2) is 7.02. The molecule has 0 fully saturated rings. The lowest BCUT2D eigenvalue weighted by atomic mass is 9.97. The number of esters is 1. The number of ether oxygens (including phenoxy) is 1. The standard InChI is InChI=1S/C17H20N4O4/c1-3-25-17(22)15-14-9-18-8-11(2)16(14)20(19-15)10-12-5-4-6-13(7-12)21(23)24/h4-7,11,18H,3,8-10H2,1-2H3. The summed E-state index contributed by atoms with van der Waals surface area (Å²) in [6.07, 6.45) is 0. The van der Waals surface area contributed by atoms with E-state index in [-0.39, 0.29) is 18.2 Å². The number of carbonyl (C=O) groups is 1. The van der Waals surface area contributed by atoms with Gasteiger partial charge in [-0.05, 0) is 12.5 Å². The van der Waals surface area contributed by atoms with E-state index >= 15 is 0 Å². The third-order valence-corrected chi connectivity index (χ3v) is 4.24. The Balaban J connectivity index is 2.00. The number of fused-ring (bicyclic) bond motifs is 1. The van der Waals surface area contributed by atoms with Gasteiger partial charge in [-0.15, -0.1) is 0 Å². The first kappa shape index (κ1) is 17.1. The van der Waals surface area contributed by atoms with Crippen molar-refractivity contribution in [1.29, 1.82) is 0 Å². The molecule has 25 heavy (non-hydrogen) atoms. The quantitative estimate of drug-likeness (QED) is 0.507. The lowest BCUT2D eigenvalue weighted by Crippen LogP contribution is -2.28. The Morgan fingerprint density at radius 3 is 3.04 bits per heavy atom. The second-order valence-electron chi connectivity index (χ2n) is 6.05. The van der Waals surface area contributed by atoms with Crippen LogP contribution in [0.15, 0.2) is 24.3 Å². The molecular weight excluding hydrogens is 324 g/mol. The van der Waals surface area contributed by atoms with Gasteiger partial charge in [0.2, 0.25) is 0 Å². The molecule has 1 N–H and O–H groups in total. The molecule has 0 aliphatic carbocycles. The number of aromatic nitrogens is 2. The number of rotatable bonds is 5. The van der Waals surface area contributed by atoms with Crippen molar-refractivity contribution in [3.63, 3.8) is 0 Å². The summed E-state index contributed by atoms with van der Waals surface area (Å²) in [7, 11) is 0. The van der Waals surface area contributed by atoms with E-state index in [1.165, 1.54) is 12.1 Å². The molecule has 0 spiro atoms. The van der Waals surface area contributed by atoms with Crippen molar-refractivity contribution in [2.75, 3.05) is 13.2 Å². The topological polar surface area (TPSA) is 99.3 Å². The summed E-state index contributed by atoms with van der Waals surface area (Å²) in [5.74, 6) is -0.259. The summed E-state index contributed by atoms with van der Waals surface area (Å²) < 4.78 is 6.88. The van der Waals surface area contributed by atoms with Gasteiger partial charge in [-0.3, -0.25) is 14.8 Å². The van der Waals surface area contributed by atoms with Gasteiger partial charge >= 0.3 is 5.97 Å². The van der Waals surface area contributed by atoms with Crippen molar-refractivity contribution in [2.24, 2.45) is 0 Å². The van der Waals surface area contributed by atoms with Crippen molar-refractivity contribution in [3.8, 4) is 0 Å². The SMILES string of the molecule is CCOC(=O)c1nn(Cc2cccc([N+](=O)[O-])c2)c2c1CNCC2C. The van der Waals surface area contributed by atoms with Crippen LogP contribution in [-0.4, -0.2) is 33.8 Å². The van der Waals surface area contributed by atoms with Gasteiger partial charge in [0, 0.05) is 42.4 Å². The smallest absolute Gasteiger partial charge is 0.359 e. The highest BCUT2D eigenvalue weighted by molar-refractivity contribution is 5.89. The minimum Gasteiger partial charge on any atom is -0.461 e. The van der Waals surface area contributed by atoms with E-state index < -0.39 is 10.9 Å². The molecule has 8 nitrogen and oxygen atoms in total. The highest BCUT2D eigenvalue weighted by Crippen LogP contribution is 2.28. The molecule has 1 unspecified atom stereocenters. The molecule has 132 valence electrons. The Labute approximate surface area is 144 Å². The fourth-order valence-electron chi connectivity index (χ4n) is 3.17. The summed E-state index contributed by atoms with van der Waals surface area (Å²) >= 11 is 0. The van der Waals surface area contributed by atoms with E-state index in [0.717, 1.165) is 23.4 Å². The fourth-order valence-corrected chi connectivity index (χ4v) is 3.17. The van der Waals surface area contributed by atoms with Crippen molar-refractivity contribution in [2.45, 2.75) is 32.9 Å². The Morgan fingerprint density at radius 2 is 2.32 bits per heavy atom. The first-order valence-electron chi connectivity index (χ1n) is 8.22. The number of nitrogens with one attached hydrogen (secondary N) is 1. The summed E-state index contributed by atoms with van der Waals surface area (Å²) in [5, 5.41) is 18.7. The van der Waals surface area contributed by atoms with Gasteiger partial charge in [-0.1, -0.05) is 19.1 Å². The zero-order chi connectivity index (χ0) is 18.0. The maximum atomic E-state index is 12.2. The minimum atomic E-state index is -0.438. The van der Waals surface area contributed by atoms with Gasteiger partial charge in [-0.2, -0.15) is 5.10 Å². The highest BCUT2D eigenvalue weighted by atomic mass is 16.6. The summed E-state index contributed by atoms with van der Waals surface area (Å²) in [5.41, 5.74) is 2.96. The van der Waals surface area contributed by atoms with E-state index in [4.69, 9.17) is 4.74 Å². The van der Waals surface area contributed by atoms with E-state index in [1.54, 1.807) is 17.7 Å². The van der Waals surface area contributed by atoms with Crippen molar-refractivity contribution >= 4 is 11.7 Å². The lowest BCUT2D eigenvalue weighted by Gasteiger charge is -2.22. The van der Waals surface area contributed by atoms with Crippen LogP contribution < -0.4 is 5.32 Å². The summed E-state index contributed by atoms with van der Waals surface area (Å²) in [6.45, 7) is 5.82. The second-order valence-corrected chi connectivity index (χ2v) is 6.05. The molecule has 1 atom stereocenters. The van der Waals surface area contributed by atoms with Gasteiger partial charge in [-0.25, -0.2) is 4.79 Å². The predicted octanol–water partition coefficient (Wildman–Crippen LogP) is 2.22. The Hall–Kier alpha value is -2.74. The van der Waals surface area contributed by atoms with E-state index in [2.05, 4.69) is 17.3 Å². The van der Waals surface area contributed by atoms with Gasteiger partial charge in [0.1, 0.15) is 0 Å². The molecule has 0 amide bonds. The van der Waals surface area contributed by atoms with Crippen molar-refractivity contribution in [3.05, 3.63) is 56.9 Å². The monoisotopic (exact) mass is 344 g/mol. The molecule has 2 heterocycles. The average Bonchev–Trinajstić information content (AvgIpc) is 2.95. The molecule has 8 heteroatoms. The van der Waals surface area contributed by atoms with E-state index in [9.17, 15) is 14.9 Å². The maximum absolute atomic E-state index is 12.2. The third-order valence-electron chi connectivity index (χ3n) is 4.24. The van der Waals surface area contributed by atoms with Crippen LogP contribution >= 0.6 is 0 Å². The van der Waals surface area contributed by atoms with Crippen LogP contribution in [-0.2, 0) is 17.8 Å². The lowest BCUT2D eigenvalue weighted by molar-refractivity contribution is -0.384. The molecule has 0 saturated heterocycles. The molecule has 0 bridgehead atoms. The first-order chi connectivity index (χ1) is 12.0. The number of non-ortho nitro benzene ring substituents is 1. The number of hydrogen-bond acceptors (Lipinski definition) is 6. The highest BCUT2D eigenvalue weighted by Gasteiger charge is 2.29. The number of nitro groups is 1. The van der Waals surface area contributed by atoms with Crippen LogP contribution in [0.4, 0.5) is 5.69 Å². The molecular formula is C17H20N4O4. The summed E-state index contributed by atoms with van der Waals surface area (Å²) in [6, 6.07) is 6.46. The van der Waals surface area contributed by atoms with Gasteiger partial charge in [0.15, 0.2) is 5.69 Å². The Morgan fingerprint density at radius 1 is 1.52 bits per heavy atom. The first-order valence-corrected chi connectivity index (χ1v) is 8.22. The molecule has 3 rings (SSSR count). The Kier molecular flexibility index (Phi) is 4.80. The zero-order valence-corrected chi connectivity index (χ0v) is 14.2. The number of nitro benzene ring substituents is 1. The normalized spacial score (nSPS) is 16.3. The van der Waals surface area contributed by atoms with Crippen LogP contribution in [0, 0.1) is 10.1 Å². The molecule has 1 aromatic heterocycles. The average molecular weight is 344 g/mol. The van der Waals surface area contributed by atoms with Gasteiger partial charge in [0.05, 0.1) is 18.1 Å². The van der Waals surface area contributed by atoms with Crippen LogP contribution in [0.2, 0.25) is 0 Å². The molecule has 0 saturated carbocycles. The predicted molar refractivity (Wildman–Crippen MR) is 90.5 cm³/mol. The van der Waals surface area contributed by atoms with Gasteiger partial charge < -0.3 is 10.1 Å². The van der Waals surface area contributed by atoms with Crippen LogP contribution in [0.25, 0.3) is 0 Å². The molecule has 1 aliphatic heterocycles. The fraction of sp³-hybridized carbons (Fsp3) is 0.412. The summed E-state index contributed by atoms with van der Waals surface area (Å²) in [4.78, 5) is 22.8. The Bertz CT molecular complexity index is 815. The number of hydrogen-bond donors (Lipinski definition) is 1. The number of carbonyl (C=O) groups excluding carboxylic acids is 1. The number of nitrogens with zero attached hydrogens (tertiary/aromatic N) is 3. The largest absolute Gasteiger partial charge is 0.461 e. The molecule has 0 radical (unpaired) electrons. The molecule has 2 aromatic rings. The maximum Gasteiger partial charge on any atom is 0.359 e. The van der Waals surface area contributed by atoms with Crippen molar-refractivity contribution in [1.82, 2.24) is 15.1 Å². The third kappa shape index (κ3) is 3.39. The van der Waals surface area contributed by atoms with Crippen LogP contribution in [0.1, 0.15) is 47.1 Å². The van der Waals surface area contributed by atoms with Crippen LogP contribution in [0.5, 0.6) is 0 Å². The molecule has 1 aliphatic rings. The molecule has 1 aromatic carbocycles. The minimum absolute atomic E-state index is 0.0406. The number of benzene rings is 1. The van der Waals surface area contributed by atoms with E-state index in [0.29, 0.717) is 18.8 Å². The van der Waals surface area contributed by atoms with Crippen LogP contribution in [0.3, 0.4) is 0 Å². The van der Waals surface area contributed by atoms with Crippen molar-refractivity contribution < 1.29 is 14.5 Å². The zero-order valence-electron chi connectivity index (χ0n) is 14.2. The van der Waals surface area contributed by atoms with E-state index in [1.807, 2.05) is 6.07 Å².